The molecule has 2 heterocycles. The largest absolute Gasteiger partial charge is 0.489 e. The van der Waals surface area contributed by atoms with E-state index in [-0.39, 0.29) is 53.6 Å². The number of carboxylic acid groups (broad SMARTS) is 1. The summed E-state index contributed by atoms with van der Waals surface area (Å²) in [5.41, 5.74) is 2.33. The fourth-order valence-electron chi connectivity index (χ4n) is 5.67. The van der Waals surface area contributed by atoms with E-state index >= 15 is 0 Å². The number of hydrogen-bond acceptors (Lipinski definition) is 13. The predicted octanol–water partition coefficient (Wildman–Crippen LogP) is 3.32. The molecule has 6 N–H and O–H groups in total. The fourth-order valence-corrected chi connectivity index (χ4v) is 5.67. The lowest BCUT2D eigenvalue weighted by Gasteiger charge is -2.28. The topological polar surface area (TPSA) is 245 Å². The average molecular weight is 924 g/mol. The molecule has 2 saturated carbocycles. The molecule has 0 aromatic heterocycles. The molecule has 13 atom stereocenters. The van der Waals surface area contributed by atoms with Crippen LogP contribution in [0.25, 0.3) is 0 Å². The molecular weight excluding hydrogens is 858 g/mol. The first-order valence-corrected chi connectivity index (χ1v) is 24.1. The van der Waals surface area contributed by atoms with Crippen LogP contribution in [-0.4, -0.2) is 135 Å². The summed E-state index contributed by atoms with van der Waals surface area (Å²) in [5, 5.41) is 30.8. The number of aliphatic hydroxyl groups is 2. The molecule has 330 valence electrons. The van der Waals surface area contributed by atoms with Gasteiger partial charge in [-0.2, -0.15) is 9.90 Å². The molecule has 17 nitrogen and oxygen atoms in total. The summed E-state index contributed by atoms with van der Waals surface area (Å²) >= 11 is 0. The van der Waals surface area contributed by atoms with Gasteiger partial charge in [0.1, 0.15) is 34.4 Å². The van der Waals surface area contributed by atoms with Gasteiger partial charge in [-0.15, -0.1) is 31.0 Å². The van der Waals surface area contributed by atoms with E-state index in [1.165, 1.54) is 27.1 Å². The van der Waals surface area contributed by atoms with E-state index in [2.05, 4.69) is 58.9 Å². The minimum Gasteiger partial charge on any atom is -0.489 e. The molecule has 57 heavy (non-hydrogen) atoms. The molecule has 23 heteroatoms. The number of esters is 2. The van der Waals surface area contributed by atoms with Crippen LogP contribution < -0.4 is 11.1 Å². The van der Waals surface area contributed by atoms with E-state index in [4.69, 9.17) is 25.1 Å². The molecule has 0 spiro atoms. The van der Waals surface area contributed by atoms with Crippen molar-refractivity contribution >= 4 is 89.6 Å². The number of aliphatic carboxylic acids is 1. The van der Waals surface area contributed by atoms with Crippen LogP contribution in [0.4, 0.5) is 9.59 Å². The highest BCUT2D eigenvalue weighted by atomic mass is 32.4. The first-order chi connectivity index (χ1) is 25.8. The maximum Gasteiger partial charge on any atom is 0.411 e. The lowest BCUT2D eigenvalue weighted by atomic mass is 10.1. The van der Waals surface area contributed by atoms with E-state index in [9.17, 15) is 39.0 Å². The van der Waals surface area contributed by atoms with Crippen molar-refractivity contribution in [3.63, 3.8) is 0 Å². The van der Waals surface area contributed by atoms with Gasteiger partial charge in [-0.3, -0.25) is 37.2 Å². The van der Waals surface area contributed by atoms with Gasteiger partial charge >= 0.3 is 30.1 Å². The van der Waals surface area contributed by atoms with Gasteiger partial charge in [0.15, 0.2) is 0 Å². The number of amides is 3. The number of methoxy groups -OCH3 is 2. The molecule has 4 aliphatic rings. The Labute approximate surface area is 350 Å². The van der Waals surface area contributed by atoms with Crippen LogP contribution in [0.15, 0.2) is 25.3 Å². The summed E-state index contributed by atoms with van der Waals surface area (Å²) in [6.07, 6.45) is 1.49. The second-order valence-electron chi connectivity index (χ2n) is 15.1. The van der Waals surface area contributed by atoms with Crippen molar-refractivity contribution in [1.29, 1.82) is 0 Å². The number of nitrogens with zero attached hydrogens (tertiary/aromatic N) is 2. The lowest BCUT2D eigenvalue weighted by molar-refractivity contribution is -0.147. The minimum absolute atomic E-state index is 0. The van der Waals surface area contributed by atoms with Crippen LogP contribution >= 0.6 is 53.6 Å². The zero-order valence-corrected chi connectivity index (χ0v) is 41.1. The van der Waals surface area contributed by atoms with E-state index in [1.807, 2.05) is 0 Å². The SMILES string of the molecule is C=C[C@@H]1C[C@]1(N)C(=O)OC.C=C[C@@H]1C[C@]1(NC(=O)[C@@H]1CC(O)CN1C(=O)OC(C)(C)C)C(=O)OC.CC(C)(C)OC(=O)N1C[C@H](O)C[C@H]1C(=O)O.P.PP.P[P-]P. The van der Waals surface area contributed by atoms with Gasteiger partial charge in [-0.1, -0.05) is 12.2 Å². The molecular formula is C34H65N4O13P6-. The Morgan fingerprint density at radius 2 is 1.18 bits per heavy atom. The highest BCUT2D eigenvalue weighted by Gasteiger charge is 2.62. The molecule has 0 aromatic carbocycles. The third-order valence-corrected chi connectivity index (χ3v) is 8.51. The number of rotatable bonds is 7. The number of hydrogen-bond donors (Lipinski definition) is 5. The highest BCUT2D eigenvalue weighted by Crippen LogP contribution is 2.45. The van der Waals surface area contributed by atoms with Gasteiger partial charge in [0.25, 0.3) is 0 Å². The van der Waals surface area contributed by atoms with E-state index in [1.54, 1.807) is 53.7 Å². The second kappa shape index (κ2) is 25.2. The molecule has 2 aliphatic carbocycles. The van der Waals surface area contributed by atoms with Crippen molar-refractivity contribution in [3.8, 4) is 0 Å². The van der Waals surface area contributed by atoms with Gasteiger partial charge in [0.2, 0.25) is 5.91 Å². The Hall–Kier alpha value is -1.64. The smallest absolute Gasteiger partial charge is 0.411 e. The van der Waals surface area contributed by atoms with Crippen LogP contribution in [0.3, 0.4) is 0 Å². The number of carbonyl (C=O) groups is 6. The number of ether oxygens (including phenoxy) is 4. The molecule has 0 bridgehead atoms. The Morgan fingerprint density at radius 3 is 1.49 bits per heavy atom. The van der Waals surface area contributed by atoms with Crippen LogP contribution in [0, 0.1) is 11.8 Å². The summed E-state index contributed by atoms with van der Waals surface area (Å²) in [6.45, 7) is 17.5. The quantitative estimate of drug-likeness (QED) is 0.107. The summed E-state index contributed by atoms with van der Waals surface area (Å²) in [4.78, 5) is 72.7. The molecule has 0 aromatic rings. The molecule has 2 saturated heterocycles. The average Bonchev–Trinajstić information content (AvgIpc) is 3.87. The first kappa shape index (κ1) is 57.5. The summed E-state index contributed by atoms with van der Waals surface area (Å²) < 4.78 is 19.6. The monoisotopic (exact) mass is 923 g/mol. The molecule has 6 unspecified atom stereocenters. The Bertz CT molecular complexity index is 1400. The van der Waals surface area contributed by atoms with Crippen LogP contribution in [0.5, 0.6) is 0 Å². The van der Waals surface area contributed by atoms with E-state index < -0.39 is 76.6 Å². The Kier molecular flexibility index (Phi) is 25.4. The van der Waals surface area contributed by atoms with Crippen molar-refractivity contribution in [3.05, 3.63) is 25.3 Å². The van der Waals surface area contributed by atoms with E-state index in [0.717, 1.165) is 4.90 Å². The van der Waals surface area contributed by atoms with Crippen molar-refractivity contribution in [1.82, 2.24) is 15.1 Å². The van der Waals surface area contributed by atoms with Crippen molar-refractivity contribution in [2.45, 2.75) is 114 Å². The third kappa shape index (κ3) is 17.9. The molecule has 2 aliphatic heterocycles. The lowest BCUT2D eigenvalue weighted by Crippen LogP contribution is -2.53. The van der Waals surface area contributed by atoms with Crippen LogP contribution in [-0.2, 0) is 38.1 Å². The third-order valence-electron chi connectivity index (χ3n) is 8.51. The zero-order chi connectivity index (χ0) is 44.0. The highest BCUT2D eigenvalue weighted by molar-refractivity contribution is 8.33. The van der Waals surface area contributed by atoms with Crippen molar-refractivity contribution in [2.75, 3.05) is 27.3 Å². The van der Waals surface area contributed by atoms with Crippen LogP contribution in [0.2, 0.25) is 0 Å². The standard InChI is InChI=1S/C17H26N2O6.C10H17NO5.C7H11NO2.H4P3.H4P2.H3P/c1-6-10-8-17(10,14(22)24-5)18-13(21)12-7-11(20)9-19(12)15(23)25-16(2,3)4;1-10(2,3)16-9(15)11-5-6(12)4-7(11)8(13)14;1-3-5-4-7(5,8)6(9)10-2;1-3-2;1-2;/h6,10-12,20H,1,7-9H2,2-5H3,(H,18,21);6-7,12H,4-5H2,1-3H3,(H,13,14);3,5H,1,4,8H2,2H3;1-2H2;1-2H2;1H3/q;;;-1;;/t10-,11?,12+,17-;6-,7+;5-,7-;;;/m111.../s1. The minimum atomic E-state index is -1.14. The van der Waals surface area contributed by atoms with Gasteiger partial charge in [0, 0.05) is 24.7 Å². The summed E-state index contributed by atoms with van der Waals surface area (Å²) in [5.74, 6) is -2.63. The zero-order valence-electron chi connectivity index (χ0n) is 34.1. The van der Waals surface area contributed by atoms with Gasteiger partial charge in [-0.25, -0.2) is 19.2 Å². The van der Waals surface area contributed by atoms with Gasteiger partial charge in [0.05, 0.1) is 39.5 Å². The number of nitrogens with one attached hydrogen (secondary N) is 1. The van der Waals surface area contributed by atoms with E-state index in [0.29, 0.717) is 12.8 Å². The summed E-state index contributed by atoms with van der Waals surface area (Å²) in [7, 11) is 13.5. The second-order valence-corrected chi connectivity index (χ2v) is 19.0. The maximum atomic E-state index is 12.7. The number of nitrogens with two attached hydrogens (primary N) is 1. The van der Waals surface area contributed by atoms with Gasteiger partial charge in [-0.05, 0) is 54.4 Å². The Balaban J connectivity index is 0. The number of aliphatic hydroxyl groups excluding tert-OH is 2. The van der Waals surface area contributed by atoms with Crippen molar-refractivity contribution < 1.29 is 63.0 Å². The van der Waals surface area contributed by atoms with Crippen LogP contribution in [0.1, 0.15) is 67.2 Å². The van der Waals surface area contributed by atoms with Crippen molar-refractivity contribution in [2.24, 2.45) is 17.6 Å². The number of likely N-dealkylation sites (tertiary alicyclic amines) is 2. The first-order valence-electron chi connectivity index (χ1n) is 17.4. The number of β-amino-alcohol motifs (C(OH)–C–C–N with tert-alkyl or cyclic N) is 2. The molecule has 3 amide bonds. The Morgan fingerprint density at radius 1 is 0.789 bits per heavy atom. The molecule has 4 fully saturated rings. The fraction of sp³-hybridized carbons (Fsp3) is 0.706. The molecule has 0 radical (unpaired) electrons. The molecule has 4 rings (SSSR count). The van der Waals surface area contributed by atoms with Gasteiger partial charge < -0.3 is 53.3 Å². The number of carboxylic acids is 1. The number of carbonyl (C=O) groups excluding carboxylic acids is 5. The predicted molar refractivity (Wildman–Crippen MR) is 238 cm³/mol. The normalized spacial score (nSPS) is 27.8. The summed E-state index contributed by atoms with van der Waals surface area (Å²) in [6, 6.07) is -1.90. The maximum absolute atomic E-state index is 12.7.